The standard InChI is InChI=1S/C16H17N5/c1-12(14-9-5-6-10-17-14)18-11-15-16(20-21-19-15)13-7-3-2-4-8-13/h2-10,12,18H,11H2,1H3,(H,19,20,21)/t12-/m1/s1. The van der Waals surface area contributed by atoms with Crippen LogP contribution < -0.4 is 5.32 Å². The Bertz CT molecular complexity index is 678. The summed E-state index contributed by atoms with van der Waals surface area (Å²) in [7, 11) is 0. The van der Waals surface area contributed by atoms with Gasteiger partial charge in [0.1, 0.15) is 11.4 Å². The molecule has 2 aromatic heterocycles. The molecule has 2 N–H and O–H groups in total. The minimum absolute atomic E-state index is 0.159. The van der Waals surface area contributed by atoms with Gasteiger partial charge in [-0.3, -0.25) is 4.98 Å². The second-order valence-electron chi connectivity index (χ2n) is 4.84. The van der Waals surface area contributed by atoms with E-state index in [-0.39, 0.29) is 6.04 Å². The molecule has 106 valence electrons. The Balaban J connectivity index is 1.71. The van der Waals surface area contributed by atoms with Crippen LogP contribution in [0.4, 0.5) is 0 Å². The third kappa shape index (κ3) is 3.14. The maximum Gasteiger partial charge on any atom is 0.117 e. The zero-order chi connectivity index (χ0) is 14.5. The number of aromatic amines is 1. The Hall–Kier alpha value is -2.53. The number of H-pyrrole nitrogens is 1. The van der Waals surface area contributed by atoms with Crippen molar-refractivity contribution >= 4 is 0 Å². The smallest absolute Gasteiger partial charge is 0.117 e. The van der Waals surface area contributed by atoms with Crippen molar-refractivity contribution in [3.63, 3.8) is 0 Å². The van der Waals surface area contributed by atoms with Crippen LogP contribution in [0.1, 0.15) is 24.4 Å². The number of pyridine rings is 1. The van der Waals surface area contributed by atoms with Gasteiger partial charge in [0, 0.05) is 24.3 Å². The van der Waals surface area contributed by atoms with Crippen molar-refractivity contribution in [3.05, 3.63) is 66.1 Å². The Kier molecular flexibility index (Phi) is 4.02. The molecule has 1 atom stereocenters. The van der Waals surface area contributed by atoms with Crippen molar-refractivity contribution in [2.75, 3.05) is 0 Å². The quantitative estimate of drug-likeness (QED) is 0.753. The molecule has 0 saturated heterocycles. The van der Waals surface area contributed by atoms with E-state index in [1.54, 1.807) is 6.20 Å². The van der Waals surface area contributed by atoms with E-state index in [1.807, 2.05) is 48.5 Å². The number of aromatic nitrogens is 4. The molecular weight excluding hydrogens is 262 g/mol. The first-order valence-corrected chi connectivity index (χ1v) is 6.94. The van der Waals surface area contributed by atoms with Crippen LogP contribution in [0.2, 0.25) is 0 Å². The van der Waals surface area contributed by atoms with Crippen molar-refractivity contribution in [2.45, 2.75) is 19.5 Å². The molecule has 0 radical (unpaired) electrons. The predicted molar refractivity (Wildman–Crippen MR) is 81.3 cm³/mol. The molecule has 0 aliphatic rings. The first kappa shape index (κ1) is 13.5. The summed E-state index contributed by atoms with van der Waals surface area (Å²) in [5.41, 5.74) is 3.87. The molecular formula is C16H17N5. The Morgan fingerprint density at radius 1 is 1.05 bits per heavy atom. The number of rotatable bonds is 5. The van der Waals surface area contributed by atoms with Gasteiger partial charge in [-0.25, -0.2) is 0 Å². The van der Waals surface area contributed by atoms with Crippen LogP contribution in [-0.2, 0) is 6.54 Å². The summed E-state index contributed by atoms with van der Waals surface area (Å²) in [6.45, 7) is 2.73. The minimum atomic E-state index is 0.159. The summed E-state index contributed by atoms with van der Waals surface area (Å²) in [4.78, 5) is 4.35. The lowest BCUT2D eigenvalue weighted by molar-refractivity contribution is 0.555. The monoisotopic (exact) mass is 279 g/mol. The maximum atomic E-state index is 4.35. The molecule has 0 fully saturated rings. The largest absolute Gasteiger partial charge is 0.303 e. The normalized spacial score (nSPS) is 12.2. The topological polar surface area (TPSA) is 66.5 Å². The van der Waals surface area contributed by atoms with Crippen molar-refractivity contribution in [2.24, 2.45) is 0 Å². The van der Waals surface area contributed by atoms with Crippen LogP contribution in [0.3, 0.4) is 0 Å². The number of hydrogen-bond acceptors (Lipinski definition) is 4. The van der Waals surface area contributed by atoms with Gasteiger partial charge in [0.15, 0.2) is 0 Å². The van der Waals surface area contributed by atoms with Gasteiger partial charge < -0.3 is 5.32 Å². The van der Waals surface area contributed by atoms with Crippen molar-refractivity contribution < 1.29 is 0 Å². The van der Waals surface area contributed by atoms with Gasteiger partial charge in [-0.1, -0.05) is 36.4 Å². The number of benzene rings is 1. The van der Waals surface area contributed by atoms with E-state index in [4.69, 9.17) is 0 Å². The molecule has 2 heterocycles. The molecule has 0 aliphatic carbocycles. The summed E-state index contributed by atoms with van der Waals surface area (Å²) in [6.07, 6.45) is 1.80. The molecule has 1 aromatic carbocycles. The highest BCUT2D eigenvalue weighted by atomic mass is 15.3. The fraction of sp³-hybridized carbons (Fsp3) is 0.188. The summed E-state index contributed by atoms with van der Waals surface area (Å²) < 4.78 is 0. The lowest BCUT2D eigenvalue weighted by Gasteiger charge is -2.12. The van der Waals surface area contributed by atoms with Gasteiger partial charge in [-0.05, 0) is 19.1 Å². The van der Waals surface area contributed by atoms with E-state index in [0.29, 0.717) is 6.54 Å². The molecule has 0 unspecified atom stereocenters. The molecule has 21 heavy (non-hydrogen) atoms. The summed E-state index contributed by atoms with van der Waals surface area (Å²) in [5, 5.41) is 14.6. The summed E-state index contributed by atoms with van der Waals surface area (Å²) in [6, 6.07) is 16.1. The predicted octanol–water partition coefficient (Wildman–Crippen LogP) is 2.72. The van der Waals surface area contributed by atoms with Gasteiger partial charge in [0.05, 0.1) is 5.69 Å². The van der Waals surface area contributed by atoms with Crippen LogP contribution in [-0.4, -0.2) is 20.4 Å². The molecule has 0 saturated carbocycles. The van der Waals surface area contributed by atoms with Crippen LogP contribution >= 0.6 is 0 Å². The van der Waals surface area contributed by atoms with E-state index in [9.17, 15) is 0 Å². The highest BCUT2D eigenvalue weighted by molar-refractivity contribution is 5.60. The van der Waals surface area contributed by atoms with Crippen LogP contribution in [0, 0.1) is 0 Å². The minimum Gasteiger partial charge on any atom is -0.303 e. The molecule has 5 nitrogen and oxygen atoms in total. The average Bonchev–Trinajstić information content (AvgIpc) is 3.03. The van der Waals surface area contributed by atoms with E-state index in [0.717, 1.165) is 22.6 Å². The van der Waals surface area contributed by atoms with Crippen molar-refractivity contribution in [3.8, 4) is 11.3 Å². The summed E-state index contributed by atoms with van der Waals surface area (Å²) in [5.74, 6) is 0. The Labute approximate surface area is 123 Å². The first-order chi connectivity index (χ1) is 10.3. The van der Waals surface area contributed by atoms with Crippen LogP contribution in [0.15, 0.2) is 54.7 Å². The zero-order valence-electron chi connectivity index (χ0n) is 11.8. The summed E-state index contributed by atoms with van der Waals surface area (Å²) >= 11 is 0. The van der Waals surface area contributed by atoms with Gasteiger partial charge in [0.2, 0.25) is 0 Å². The van der Waals surface area contributed by atoms with Gasteiger partial charge >= 0.3 is 0 Å². The van der Waals surface area contributed by atoms with E-state index < -0.39 is 0 Å². The van der Waals surface area contributed by atoms with Gasteiger partial charge in [-0.2, -0.15) is 15.4 Å². The SMILES string of the molecule is C[C@@H](NCc1n[nH]nc1-c1ccccc1)c1ccccn1. The first-order valence-electron chi connectivity index (χ1n) is 6.94. The molecule has 0 bridgehead atoms. The Morgan fingerprint density at radius 2 is 1.86 bits per heavy atom. The third-order valence-corrected chi connectivity index (χ3v) is 3.37. The second-order valence-corrected chi connectivity index (χ2v) is 4.84. The molecule has 3 rings (SSSR count). The fourth-order valence-electron chi connectivity index (χ4n) is 2.19. The van der Waals surface area contributed by atoms with Crippen LogP contribution in [0.5, 0.6) is 0 Å². The number of hydrogen-bond donors (Lipinski definition) is 2. The molecule has 0 aliphatic heterocycles. The lowest BCUT2D eigenvalue weighted by atomic mass is 10.1. The second kappa shape index (κ2) is 6.28. The van der Waals surface area contributed by atoms with Crippen molar-refractivity contribution in [1.29, 1.82) is 0 Å². The third-order valence-electron chi connectivity index (χ3n) is 3.37. The van der Waals surface area contributed by atoms with E-state index in [1.165, 1.54) is 0 Å². The van der Waals surface area contributed by atoms with Crippen molar-refractivity contribution in [1.82, 2.24) is 25.7 Å². The van der Waals surface area contributed by atoms with Gasteiger partial charge in [0.25, 0.3) is 0 Å². The number of nitrogens with one attached hydrogen (secondary N) is 2. The fourth-order valence-corrected chi connectivity index (χ4v) is 2.19. The highest BCUT2D eigenvalue weighted by Crippen LogP contribution is 2.19. The highest BCUT2D eigenvalue weighted by Gasteiger charge is 2.12. The van der Waals surface area contributed by atoms with Gasteiger partial charge in [-0.15, -0.1) is 0 Å². The maximum absolute atomic E-state index is 4.35. The molecule has 5 heteroatoms. The molecule has 0 spiro atoms. The molecule has 3 aromatic rings. The zero-order valence-corrected chi connectivity index (χ0v) is 11.8. The van der Waals surface area contributed by atoms with E-state index in [2.05, 4.69) is 32.6 Å². The number of nitrogens with zero attached hydrogens (tertiary/aromatic N) is 3. The molecule has 0 amide bonds. The van der Waals surface area contributed by atoms with E-state index >= 15 is 0 Å². The average molecular weight is 279 g/mol. The van der Waals surface area contributed by atoms with Crippen LogP contribution in [0.25, 0.3) is 11.3 Å². The lowest BCUT2D eigenvalue weighted by Crippen LogP contribution is -2.19. The Morgan fingerprint density at radius 3 is 2.62 bits per heavy atom.